The minimum Gasteiger partial charge on any atom is -0.493 e. The largest absolute Gasteiger partial charge is 0.493 e. The van der Waals surface area contributed by atoms with Gasteiger partial charge < -0.3 is 15.4 Å². The minimum absolute atomic E-state index is 0.0438. The lowest BCUT2D eigenvalue weighted by atomic mass is 9.88. The second-order valence-electron chi connectivity index (χ2n) is 9.22. The standard InChI is InChI=1S/C26H34N4O3/c1-19(31)28-11-12-29-26(32)24-13-21(16-30(17-24)15-20-7-9-27-10-8-20)18-33-25-6-5-22-3-2-4-23(22)14-25/h5-10,14,21,24H,2-4,11-13,15-18H2,1H3,(H,28,31)(H,29,32)/t21-,24+/m0/s1. The van der Waals surface area contributed by atoms with E-state index in [1.807, 2.05) is 12.1 Å². The summed E-state index contributed by atoms with van der Waals surface area (Å²) in [5, 5.41) is 5.70. The zero-order chi connectivity index (χ0) is 23.0. The van der Waals surface area contributed by atoms with Crippen molar-refractivity contribution in [3.63, 3.8) is 0 Å². The maximum absolute atomic E-state index is 12.9. The van der Waals surface area contributed by atoms with Gasteiger partial charge in [-0.15, -0.1) is 0 Å². The molecule has 176 valence electrons. The Labute approximate surface area is 195 Å². The Hall–Kier alpha value is -2.93. The van der Waals surface area contributed by atoms with Crippen molar-refractivity contribution in [1.29, 1.82) is 0 Å². The van der Waals surface area contributed by atoms with E-state index < -0.39 is 0 Å². The lowest BCUT2D eigenvalue weighted by Crippen LogP contribution is -2.48. The van der Waals surface area contributed by atoms with Gasteiger partial charge in [-0.3, -0.25) is 19.5 Å². The molecule has 1 saturated heterocycles. The molecular weight excluding hydrogens is 416 g/mol. The second-order valence-corrected chi connectivity index (χ2v) is 9.22. The summed E-state index contributed by atoms with van der Waals surface area (Å²) in [6, 6.07) is 10.5. The molecule has 0 spiro atoms. The van der Waals surface area contributed by atoms with Crippen LogP contribution < -0.4 is 15.4 Å². The predicted molar refractivity (Wildman–Crippen MR) is 127 cm³/mol. The highest BCUT2D eigenvalue weighted by Crippen LogP contribution is 2.28. The van der Waals surface area contributed by atoms with Gasteiger partial charge in [-0.1, -0.05) is 6.07 Å². The molecule has 2 atom stereocenters. The van der Waals surface area contributed by atoms with E-state index in [0.717, 1.165) is 31.7 Å². The molecule has 2 aromatic rings. The lowest BCUT2D eigenvalue weighted by molar-refractivity contribution is -0.128. The van der Waals surface area contributed by atoms with Gasteiger partial charge in [0.25, 0.3) is 0 Å². The van der Waals surface area contributed by atoms with Gasteiger partial charge in [-0.2, -0.15) is 0 Å². The smallest absolute Gasteiger partial charge is 0.224 e. The van der Waals surface area contributed by atoms with Crippen LogP contribution in [-0.4, -0.2) is 54.5 Å². The average Bonchev–Trinajstić information content (AvgIpc) is 3.29. The monoisotopic (exact) mass is 450 g/mol. The number of carbonyl (C=O) groups excluding carboxylic acids is 2. The van der Waals surface area contributed by atoms with Gasteiger partial charge in [0.2, 0.25) is 11.8 Å². The molecule has 4 rings (SSSR count). The van der Waals surface area contributed by atoms with Crippen LogP contribution in [-0.2, 0) is 29.0 Å². The second kappa shape index (κ2) is 11.3. The number of pyridine rings is 1. The fourth-order valence-electron chi connectivity index (χ4n) is 4.91. The van der Waals surface area contributed by atoms with Crippen LogP contribution in [0.4, 0.5) is 0 Å². The van der Waals surface area contributed by atoms with Gasteiger partial charge in [-0.05, 0) is 66.6 Å². The predicted octanol–water partition coefficient (Wildman–Crippen LogP) is 2.34. The number of aromatic nitrogens is 1. The quantitative estimate of drug-likeness (QED) is 0.573. The van der Waals surface area contributed by atoms with E-state index in [1.165, 1.54) is 36.5 Å². The molecule has 2 aliphatic rings. The third kappa shape index (κ3) is 6.78. The molecule has 1 aliphatic heterocycles. The first-order valence-electron chi connectivity index (χ1n) is 11.9. The summed E-state index contributed by atoms with van der Waals surface area (Å²) in [6.07, 6.45) is 7.94. The van der Waals surface area contributed by atoms with Crippen LogP contribution in [0.15, 0.2) is 42.7 Å². The van der Waals surface area contributed by atoms with Crippen LogP contribution in [0.1, 0.15) is 36.5 Å². The first kappa shape index (κ1) is 23.2. The minimum atomic E-state index is -0.105. The number of nitrogens with zero attached hydrogens (tertiary/aromatic N) is 2. The number of piperidine rings is 1. The Bertz CT molecular complexity index is 950. The highest BCUT2D eigenvalue weighted by molar-refractivity contribution is 5.79. The first-order chi connectivity index (χ1) is 16.1. The Morgan fingerprint density at radius 1 is 1.06 bits per heavy atom. The van der Waals surface area contributed by atoms with Gasteiger partial charge in [-0.25, -0.2) is 0 Å². The number of ether oxygens (including phenoxy) is 1. The summed E-state index contributed by atoms with van der Waals surface area (Å²) in [6.45, 7) is 5.35. The first-order valence-corrected chi connectivity index (χ1v) is 11.9. The third-order valence-electron chi connectivity index (χ3n) is 6.49. The van der Waals surface area contributed by atoms with E-state index in [2.05, 4.69) is 38.7 Å². The van der Waals surface area contributed by atoms with Crippen molar-refractivity contribution in [2.75, 3.05) is 32.8 Å². The number of nitrogens with one attached hydrogen (secondary N) is 2. The van der Waals surface area contributed by atoms with Gasteiger partial charge in [0, 0.05) is 58.0 Å². The van der Waals surface area contributed by atoms with Crippen molar-refractivity contribution in [1.82, 2.24) is 20.5 Å². The maximum Gasteiger partial charge on any atom is 0.224 e. The summed E-state index contributed by atoms with van der Waals surface area (Å²) >= 11 is 0. The van der Waals surface area contributed by atoms with Crippen LogP contribution in [0, 0.1) is 11.8 Å². The molecule has 0 saturated carbocycles. The zero-order valence-corrected chi connectivity index (χ0v) is 19.4. The number of benzene rings is 1. The van der Waals surface area contributed by atoms with Crippen molar-refractivity contribution >= 4 is 11.8 Å². The highest BCUT2D eigenvalue weighted by atomic mass is 16.5. The summed E-state index contributed by atoms with van der Waals surface area (Å²) in [5.74, 6) is 1.04. The molecule has 1 aliphatic carbocycles. The zero-order valence-electron chi connectivity index (χ0n) is 19.4. The SMILES string of the molecule is CC(=O)NCCNC(=O)[C@@H]1C[C@H](COc2ccc3c(c2)CCC3)CN(Cc2ccncc2)C1. The molecule has 1 aromatic carbocycles. The van der Waals surface area contributed by atoms with E-state index in [9.17, 15) is 9.59 Å². The van der Waals surface area contributed by atoms with Crippen molar-refractivity contribution in [2.45, 2.75) is 39.2 Å². The van der Waals surface area contributed by atoms with Crippen LogP contribution in [0.3, 0.4) is 0 Å². The Kier molecular flexibility index (Phi) is 7.94. The molecule has 0 bridgehead atoms. The average molecular weight is 451 g/mol. The number of hydrogen-bond acceptors (Lipinski definition) is 5. The van der Waals surface area contributed by atoms with Crippen LogP contribution >= 0.6 is 0 Å². The number of aryl methyl sites for hydroxylation is 2. The summed E-state index contributed by atoms with van der Waals surface area (Å²) in [4.78, 5) is 30.4. The van der Waals surface area contributed by atoms with Gasteiger partial charge in [0.05, 0.1) is 12.5 Å². The maximum atomic E-state index is 12.9. The Morgan fingerprint density at radius 3 is 2.67 bits per heavy atom. The molecule has 0 unspecified atom stereocenters. The topological polar surface area (TPSA) is 83.6 Å². The molecule has 1 fully saturated rings. The number of likely N-dealkylation sites (tertiary alicyclic amines) is 1. The number of fused-ring (bicyclic) bond motifs is 1. The van der Waals surface area contributed by atoms with Gasteiger partial charge in [0.15, 0.2) is 0 Å². The molecule has 0 radical (unpaired) electrons. The van der Waals surface area contributed by atoms with Crippen molar-refractivity contribution in [2.24, 2.45) is 11.8 Å². The molecule has 33 heavy (non-hydrogen) atoms. The molecule has 7 heteroatoms. The number of carbonyl (C=O) groups is 2. The van der Waals surface area contributed by atoms with E-state index in [4.69, 9.17) is 4.74 Å². The number of rotatable bonds is 9. The molecule has 1 aromatic heterocycles. The van der Waals surface area contributed by atoms with Crippen LogP contribution in [0.25, 0.3) is 0 Å². The van der Waals surface area contributed by atoms with Gasteiger partial charge in [0.1, 0.15) is 5.75 Å². The summed E-state index contributed by atoms with van der Waals surface area (Å²) in [7, 11) is 0. The van der Waals surface area contributed by atoms with Crippen LogP contribution in [0.2, 0.25) is 0 Å². The molecule has 7 nitrogen and oxygen atoms in total. The Balaban J connectivity index is 1.36. The Morgan fingerprint density at radius 2 is 1.85 bits per heavy atom. The van der Waals surface area contributed by atoms with Crippen molar-refractivity contribution in [3.8, 4) is 5.75 Å². The molecule has 2 N–H and O–H groups in total. The fraction of sp³-hybridized carbons (Fsp3) is 0.500. The van der Waals surface area contributed by atoms with Crippen molar-refractivity contribution in [3.05, 3.63) is 59.4 Å². The van der Waals surface area contributed by atoms with Gasteiger partial charge >= 0.3 is 0 Å². The molecule has 2 amide bonds. The summed E-state index contributed by atoms with van der Waals surface area (Å²) < 4.78 is 6.21. The molecule has 2 heterocycles. The summed E-state index contributed by atoms with van der Waals surface area (Å²) in [5.41, 5.74) is 4.04. The number of hydrogen-bond donors (Lipinski definition) is 2. The molecular formula is C26H34N4O3. The number of amides is 2. The highest BCUT2D eigenvalue weighted by Gasteiger charge is 2.32. The third-order valence-corrected chi connectivity index (χ3v) is 6.49. The van der Waals surface area contributed by atoms with Crippen molar-refractivity contribution < 1.29 is 14.3 Å². The van der Waals surface area contributed by atoms with Crippen LogP contribution in [0.5, 0.6) is 5.75 Å². The van der Waals surface area contributed by atoms with E-state index >= 15 is 0 Å². The fourth-order valence-corrected chi connectivity index (χ4v) is 4.91. The lowest BCUT2D eigenvalue weighted by Gasteiger charge is -2.37. The van der Waals surface area contributed by atoms with E-state index in [-0.39, 0.29) is 23.7 Å². The van der Waals surface area contributed by atoms with E-state index in [0.29, 0.717) is 26.2 Å². The normalized spacial score (nSPS) is 20.2. The van der Waals surface area contributed by atoms with E-state index in [1.54, 1.807) is 12.4 Å².